The van der Waals surface area contributed by atoms with E-state index in [1.165, 1.54) is 16.1 Å². The fourth-order valence-electron chi connectivity index (χ4n) is 3.18. The lowest BCUT2D eigenvalue weighted by Gasteiger charge is -2.24. The van der Waals surface area contributed by atoms with E-state index >= 15 is 0 Å². The number of fused-ring (bicyclic) bond motifs is 1. The summed E-state index contributed by atoms with van der Waals surface area (Å²) in [4.78, 5) is 8.06. The molecule has 0 aliphatic carbocycles. The van der Waals surface area contributed by atoms with Crippen LogP contribution in [0.2, 0.25) is 0 Å². The number of aryl methyl sites for hydroxylation is 1. The van der Waals surface area contributed by atoms with Crippen LogP contribution in [0.25, 0.3) is 0 Å². The van der Waals surface area contributed by atoms with Crippen molar-refractivity contribution >= 4 is 11.3 Å². The molecule has 0 bridgehead atoms. The Labute approximate surface area is 151 Å². The fraction of sp³-hybridized carbons (Fsp3) is 0.368. The van der Waals surface area contributed by atoms with Gasteiger partial charge in [-0.2, -0.15) is 5.10 Å². The quantitative estimate of drug-likeness (QED) is 0.705. The van der Waals surface area contributed by atoms with Crippen LogP contribution in [0, 0.1) is 6.92 Å². The molecule has 0 N–H and O–H groups in total. The van der Waals surface area contributed by atoms with Gasteiger partial charge in [0.25, 0.3) is 0 Å². The van der Waals surface area contributed by atoms with Gasteiger partial charge in [-0.1, -0.05) is 6.07 Å². The van der Waals surface area contributed by atoms with Crippen molar-refractivity contribution in [2.24, 2.45) is 0 Å². The highest BCUT2D eigenvalue weighted by molar-refractivity contribution is 7.10. The van der Waals surface area contributed by atoms with Gasteiger partial charge in [0.05, 0.1) is 24.9 Å². The van der Waals surface area contributed by atoms with Crippen molar-refractivity contribution in [2.75, 3.05) is 6.54 Å². The predicted molar refractivity (Wildman–Crippen MR) is 98.2 cm³/mol. The fourth-order valence-corrected chi connectivity index (χ4v) is 4.13. The summed E-state index contributed by atoms with van der Waals surface area (Å²) in [7, 11) is 0. The Morgan fingerprint density at radius 1 is 1.24 bits per heavy atom. The highest BCUT2D eigenvalue weighted by Crippen LogP contribution is 2.22. The zero-order valence-corrected chi connectivity index (χ0v) is 15.2. The van der Waals surface area contributed by atoms with Gasteiger partial charge in [-0.25, -0.2) is 0 Å². The molecule has 0 fully saturated rings. The van der Waals surface area contributed by atoms with Crippen LogP contribution in [0.1, 0.15) is 21.7 Å². The predicted octanol–water partition coefficient (Wildman–Crippen LogP) is 3.25. The summed E-state index contributed by atoms with van der Waals surface area (Å²) in [5.74, 6) is 0. The second-order valence-corrected chi connectivity index (χ2v) is 7.50. The average Bonchev–Trinajstić information content (AvgIpc) is 3.19. The van der Waals surface area contributed by atoms with Gasteiger partial charge < -0.3 is 4.74 Å². The second kappa shape index (κ2) is 7.47. The Balaban J connectivity index is 1.48. The number of pyridine rings is 1. The van der Waals surface area contributed by atoms with E-state index in [9.17, 15) is 0 Å². The van der Waals surface area contributed by atoms with E-state index in [1.54, 1.807) is 6.20 Å². The first-order valence-corrected chi connectivity index (χ1v) is 9.42. The first-order chi connectivity index (χ1) is 12.3. The largest absolute Gasteiger partial charge is 0.370 e. The van der Waals surface area contributed by atoms with Gasteiger partial charge in [0.2, 0.25) is 0 Å². The van der Waals surface area contributed by atoms with Gasteiger partial charge in [-0.3, -0.25) is 14.6 Å². The lowest BCUT2D eigenvalue weighted by molar-refractivity contribution is 0.00723. The molecule has 3 aromatic heterocycles. The average molecular weight is 354 g/mol. The molecular formula is C19H22N4OS. The van der Waals surface area contributed by atoms with Crippen molar-refractivity contribution in [1.82, 2.24) is 19.7 Å². The highest BCUT2D eigenvalue weighted by Gasteiger charge is 2.23. The summed E-state index contributed by atoms with van der Waals surface area (Å²) in [6.07, 6.45) is 5.65. The van der Waals surface area contributed by atoms with E-state index < -0.39 is 0 Å². The lowest BCUT2D eigenvalue weighted by Crippen LogP contribution is -2.32. The Morgan fingerprint density at radius 3 is 3.00 bits per heavy atom. The van der Waals surface area contributed by atoms with Crippen LogP contribution >= 0.6 is 11.3 Å². The monoisotopic (exact) mass is 354 g/mol. The van der Waals surface area contributed by atoms with Crippen molar-refractivity contribution in [2.45, 2.75) is 39.3 Å². The molecule has 130 valence electrons. The molecule has 5 nitrogen and oxygen atoms in total. The summed E-state index contributed by atoms with van der Waals surface area (Å²) in [6, 6.07) is 8.30. The van der Waals surface area contributed by atoms with E-state index in [2.05, 4.69) is 50.2 Å². The summed E-state index contributed by atoms with van der Waals surface area (Å²) in [6.45, 7) is 6.33. The first kappa shape index (κ1) is 16.4. The van der Waals surface area contributed by atoms with E-state index in [0.29, 0.717) is 6.61 Å². The molecule has 25 heavy (non-hydrogen) atoms. The highest BCUT2D eigenvalue weighted by atomic mass is 32.1. The van der Waals surface area contributed by atoms with Crippen LogP contribution in [-0.4, -0.2) is 32.3 Å². The summed E-state index contributed by atoms with van der Waals surface area (Å²) < 4.78 is 8.29. The SMILES string of the molecule is Cc1ccsc1CN1Cc2ccnn2C[C@@H](OCc2cccnc2)C1. The zero-order chi connectivity index (χ0) is 17.1. The minimum absolute atomic E-state index is 0.113. The number of ether oxygens (including phenoxy) is 1. The molecule has 0 amide bonds. The molecule has 0 radical (unpaired) electrons. The smallest absolute Gasteiger partial charge is 0.0902 e. The first-order valence-electron chi connectivity index (χ1n) is 8.54. The van der Waals surface area contributed by atoms with E-state index in [1.807, 2.05) is 29.8 Å². The number of hydrogen-bond acceptors (Lipinski definition) is 5. The van der Waals surface area contributed by atoms with Gasteiger partial charge in [-0.05, 0) is 41.6 Å². The maximum atomic E-state index is 6.22. The van der Waals surface area contributed by atoms with Gasteiger partial charge >= 0.3 is 0 Å². The number of aromatic nitrogens is 3. The van der Waals surface area contributed by atoms with Crippen molar-refractivity contribution in [3.8, 4) is 0 Å². The minimum Gasteiger partial charge on any atom is -0.370 e. The summed E-state index contributed by atoms with van der Waals surface area (Å²) in [5.41, 5.74) is 3.73. The van der Waals surface area contributed by atoms with Crippen LogP contribution in [0.15, 0.2) is 48.2 Å². The van der Waals surface area contributed by atoms with Gasteiger partial charge in [0.15, 0.2) is 0 Å². The van der Waals surface area contributed by atoms with Crippen LogP contribution < -0.4 is 0 Å². The van der Waals surface area contributed by atoms with E-state index in [4.69, 9.17) is 4.74 Å². The molecule has 1 atom stereocenters. The van der Waals surface area contributed by atoms with Crippen molar-refractivity contribution in [3.63, 3.8) is 0 Å². The molecule has 0 spiro atoms. The van der Waals surface area contributed by atoms with Crippen LogP contribution in [0.5, 0.6) is 0 Å². The molecular weight excluding hydrogens is 332 g/mol. The zero-order valence-electron chi connectivity index (χ0n) is 14.3. The van der Waals surface area contributed by atoms with E-state index in [0.717, 1.165) is 31.7 Å². The van der Waals surface area contributed by atoms with Crippen LogP contribution in [0.3, 0.4) is 0 Å². The Bertz CT molecular complexity index is 814. The van der Waals surface area contributed by atoms with Crippen molar-refractivity contribution in [1.29, 1.82) is 0 Å². The Hall–Kier alpha value is -2.02. The van der Waals surface area contributed by atoms with Gasteiger partial charge in [-0.15, -0.1) is 11.3 Å². The molecule has 0 saturated carbocycles. The van der Waals surface area contributed by atoms with E-state index in [-0.39, 0.29) is 6.10 Å². The van der Waals surface area contributed by atoms with Crippen LogP contribution in [0.4, 0.5) is 0 Å². The molecule has 4 heterocycles. The second-order valence-electron chi connectivity index (χ2n) is 6.50. The molecule has 3 aromatic rings. The van der Waals surface area contributed by atoms with Crippen molar-refractivity contribution < 1.29 is 4.74 Å². The molecule has 0 saturated heterocycles. The molecule has 0 aromatic carbocycles. The topological polar surface area (TPSA) is 43.2 Å². The Morgan fingerprint density at radius 2 is 2.20 bits per heavy atom. The lowest BCUT2D eigenvalue weighted by atomic mass is 10.2. The molecule has 6 heteroatoms. The number of rotatable bonds is 5. The maximum Gasteiger partial charge on any atom is 0.0902 e. The summed E-state index contributed by atoms with van der Waals surface area (Å²) in [5, 5.41) is 6.64. The third-order valence-corrected chi connectivity index (χ3v) is 5.58. The molecule has 4 rings (SSSR count). The minimum atomic E-state index is 0.113. The Kier molecular flexibility index (Phi) is 4.92. The third kappa shape index (κ3) is 3.98. The maximum absolute atomic E-state index is 6.22. The third-order valence-electron chi connectivity index (χ3n) is 4.57. The molecule has 1 aliphatic heterocycles. The summed E-state index contributed by atoms with van der Waals surface area (Å²) >= 11 is 1.83. The van der Waals surface area contributed by atoms with Gasteiger partial charge in [0.1, 0.15) is 0 Å². The normalized spacial score (nSPS) is 18.0. The van der Waals surface area contributed by atoms with Gasteiger partial charge in [0, 0.05) is 43.1 Å². The molecule has 1 aliphatic rings. The standard InChI is InChI=1S/C19H22N4OS/c1-15-5-8-25-19(15)13-22-10-17-4-7-21-23(17)12-18(11-22)24-14-16-3-2-6-20-9-16/h2-9,18H,10-14H2,1H3/t18-/m0/s1. The number of nitrogens with zero attached hydrogens (tertiary/aromatic N) is 4. The number of thiophene rings is 1. The molecule has 0 unspecified atom stereocenters. The number of hydrogen-bond donors (Lipinski definition) is 0. The van der Waals surface area contributed by atoms with Crippen molar-refractivity contribution in [3.05, 3.63) is 69.9 Å². The van der Waals surface area contributed by atoms with Crippen LogP contribution in [-0.2, 0) is 31.0 Å².